The number of benzene rings is 2. The molecular formula is C21H19N3O3S. The molecule has 7 heteroatoms. The smallest absolute Gasteiger partial charge is 0.262 e. The molecule has 0 amide bonds. The van der Waals surface area contributed by atoms with Crippen LogP contribution in [-0.4, -0.2) is 28.3 Å². The van der Waals surface area contributed by atoms with Crippen molar-refractivity contribution in [3.8, 4) is 11.3 Å². The van der Waals surface area contributed by atoms with Crippen LogP contribution in [-0.2, 0) is 17.0 Å². The summed E-state index contributed by atoms with van der Waals surface area (Å²) >= 11 is 1.43. The number of methoxy groups -OCH3 is 1. The molecule has 142 valence electrons. The van der Waals surface area contributed by atoms with Crippen LogP contribution in [0.2, 0.25) is 0 Å². The van der Waals surface area contributed by atoms with E-state index in [1.165, 1.54) is 11.8 Å². The van der Waals surface area contributed by atoms with Gasteiger partial charge in [0.15, 0.2) is 10.9 Å². The largest absolute Gasteiger partial charge is 0.440 e. The third-order valence-corrected chi connectivity index (χ3v) is 5.24. The van der Waals surface area contributed by atoms with E-state index in [0.717, 1.165) is 11.3 Å². The number of rotatable bonds is 7. The summed E-state index contributed by atoms with van der Waals surface area (Å²) in [6.45, 7) is 0.876. The molecule has 0 spiro atoms. The van der Waals surface area contributed by atoms with Gasteiger partial charge in [0.2, 0.25) is 5.89 Å². The summed E-state index contributed by atoms with van der Waals surface area (Å²) in [6, 6.07) is 17.2. The number of oxazole rings is 1. The minimum absolute atomic E-state index is 0.0671. The molecule has 0 saturated heterocycles. The Balaban J connectivity index is 1.60. The monoisotopic (exact) mass is 393 g/mol. The summed E-state index contributed by atoms with van der Waals surface area (Å²) in [7, 11) is 1.62. The molecule has 0 unspecified atom stereocenters. The van der Waals surface area contributed by atoms with Gasteiger partial charge in [-0.25, -0.2) is 9.97 Å². The number of aromatic nitrogens is 3. The fraction of sp³-hybridized carbons (Fsp3) is 0.190. The van der Waals surface area contributed by atoms with E-state index in [9.17, 15) is 4.79 Å². The zero-order valence-electron chi connectivity index (χ0n) is 15.4. The normalized spacial score (nSPS) is 11.2. The van der Waals surface area contributed by atoms with E-state index in [-0.39, 0.29) is 5.56 Å². The Morgan fingerprint density at radius 2 is 1.89 bits per heavy atom. The SMILES string of the molecule is COCCn1c(SCc2ncc(-c3ccccc3)o2)nc2ccccc2c1=O. The zero-order valence-corrected chi connectivity index (χ0v) is 16.2. The second-order valence-corrected chi connectivity index (χ2v) is 7.08. The van der Waals surface area contributed by atoms with E-state index in [2.05, 4.69) is 9.97 Å². The maximum Gasteiger partial charge on any atom is 0.262 e. The van der Waals surface area contributed by atoms with E-state index < -0.39 is 0 Å². The van der Waals surface area contributed by atoms with Crippen LogP contribution in [0.4, 0.5) is 0 Å². The third kappa shape index (κ3) is 3.85. The van der Waals surface area contributed by atoms with Gasteiger partial charge in [-0.15, -0.1) is 0 Å². The highest BCUT2D eigenvalue weighted by molar-refractivity contribution is 7.98. The lowest BCUT2D eigenvalue weighted by Crippen LogP contribution is -2.25. The molecule has 2 heterocycles. The van der Waals surface area contributed by atoms with Gasteiger partial charge < -0.3 is 9.15 Å². The fourth-order valence-corrected chi connectivity index (χ4v) is 3.76. The zero-order chi connectivity index (χ0) is 19.3. The van der Waals surface area contributed by atoms with Crippen LogP contribution in [0.3, 0.4) is 0 Å². The lowest BCUT2D eigenvalue weighted by Gasteiger charge is -2.12. The average molecular weight is 393 g/mol. The Labute approximate surface area is 166 Å². The van der Waals surface area contributed by atoms with Gasteiger partial charge in [0, 0.05) is 12.7 Å². The molecule has 6 nitrogen and oxygen atoms in total. The van der Waals surface area contributed by atoms with Crippen molar-refractivity contribution < 1.29 is 9.15 Å². The molecule has 0 N–H and O–H groups in total. The third-order valence-electron chi connectivity index (χ3n) is 4.28. The van der Waals surface area contributed by atoms with E-state index >= 15 is 0 Å². The maximum absolute atomic E-state index is 12.9. The van der Waals surface area contributed by atoms with Gasteiger partial charge in [-0.3, -0.25) is 9.36 Å². The molecule has 0 aliphatic carbocycles. The van der Waals surface area contributed by atoms with Crippen LogP contribution in [0.5, 0.6) is 0 Å². The van der Waals surface area contributed by atoms with Gasteiger partial charge in [0.25, 0.3) is 5.56 Å². The quantitative estimate of drug-likeness (QED) is 0.349. The van der Waals surface area contributed by atoms with Crippen LogP contribution in [0, 0.1) is 0 Å². The van der Waals surface area contributed by atoms with Crippen molar-refractivity contribution in [3.63, 3.8) is 0 Å². The predicted molar refractivity (Wildman–Crippen MR) is 109 cm³/mol. The van der Waals surface area contributed by atoms with E-state index in [0.29, 0.717) is 40.9 Å². The first kappa shape index (κ1) is 18.5. The molecule has 0 saturated carbocycles. The predicted octanol–water partition coefficient (Wildman–Crippen LogP) is 3.99. The minimum Gasteiger partial charge on any atom is -0.440 e. The Kier molecular flexibility index (Phi) is 5.55. The molecule has 28 heavy (non-hydrogen) atoms. The summed E-state index contributed by atoms with van der Waals surface area (Å²) in [6.07, 6.45) is 1.72. The van der Waals surface area contributed by atoms with Crippen molar-refractivity contribution >= 4 is 22.7 Å². The molecule has 0 aliphatic rings. The lowest BCUT2D eigenvalue weighted by molar-refractivity contribution is 0.183. The molecule has 0 aliphatic heterocycles. The number of hydrogen-bond donors (Lipinski definition) is 0. The molecule has 2 aromatic carbocycles. The van der Waals surface area contributed by atoms with Gasteiger partial charge in [-0.05, 0) is 12.1 Å². The molecule has 2 aromatic heterocycles. The Hall–Kier alpha value is -2.90. The summed E-state index contributed by atoms with van der Waals surface area (Å²) in [5, 5.41) is 1.23. The molecule has 0 radical (unpaired) electrons. The maximum atomic E-state index is 12.9. The summed E-state index contributed by atoms with van der Waals surface area (Å²) in [5.74, 6) is 1.79. The van der Waals surface area contributed by atoms with Gasteiger partial charge in [-0.2, -0.15) is 0 Å². The average Bonchev–Trinajstić information content (AvgIpc) is 3.21. The van der Waals surface area contributed by atoms with Gasteiger partial charge in [0.05, 0.1) is 36.0 Å². The summed E-state index contributed by atoms with van der Waals surface area (Å²) < 4.78 is 12.7. The molecule has 4 aromatic rings. The molecule has 0 fully saturated rings. The second-order valence-electron chi connectivity index (χ2n) is 6.13. The lowest BCUT2D eigenvalue weighted by atomic mass is 10.2. The number of fused-ring (bicyclic) bond motifs is 1. The Bertz CT molecular complexity index is 1140. The second kappa shape index (κ2) is 8.41. The number of thioether (sulfide) groups is 1. The number of ether oxygens (including phenoxy) is 1. The molecule has 0 atom stereocenters. The van der Waals surface area contributed by atoms with E-state index in [1.54, 1.807) is 23.9 Å². The van der Waals surface area contributed by atoms with Crippen LogP contribution in [0.1, 0.15) is 5.89 Å². The molecular weight excluding hydrogens is 374 g/mol. The van der Waals surface area contributed by atoms with Crippen LogP contribution in [0.25, 0.3) is 22.2 Å². The van der Waals surface area contributed by atoms with Gasteiger partial charge in [-0.1, -0.05) is 54.2 Å². The first-order chi connectivity index (χ1) is 13.8. The van der Waals surface area contributed by atoms with Crippen molar-refractivity contribution in [3.05, 3.63) is 77.0 Å². The fourth-order valence-electron chi connectivity index (χ4n) is 2.88. The van der Waals surface area contributed by atoms with Gasteiger partial charge >= 0.3 is 0 Å². The minimum atomic E-state index is -0.0671. The first-order valence-corrected chi connectivity index (χ1v) is 9.86. The van der Waals surface area contributed by atoms with E-state index in [1.807, 2.05) is 48.5 Å². The topological polar surface area (TPSA) is 70.2 Å². The van der Waals surface area contributed by atoms with Crippen molar-refractivity contribution in [1.82, 2.24) is 14.5 Å². The van der Waals surface area contributed by atoms with Crippen molar-refractivity contribution in [1.29, 1.82) is 0 Å². The van der Waals surface area contributed by atoms with Crippen molar-refractivity contribution in [2.24, 2.45) is 0 Å². The van der Waals surface area contributed by atoms with Crippen molar-refractivity contribution in [2.75, 3.05) is 13.7 Å². The highest BCUT2D eigenvalue weighted by atomic mass is 32.2. The van der Waals surface area contributed by atoms with Gasteiger partial charge in [0.1, 0.15) is 0 Å². The number of nitrogens with zero attached hydrogens (tertiary/aromatic N) is 3. The Morgan fingerprint density at radius 1 is 1.11 bits per heavy atom. The summed E-state index contributed by atoms with van der Waals surface area (Å²) in [4.78, 5) is 21.9. The Morgan fingerprint density at radius 3 is 2.71 bits per heavy atom. The highest BCUT2D eigenvalue weighted by Crippen LogP contribution is 2.25. The molecule has 0 bridgehead atoms. The highest BCUT2D eigenvalue weighted by Gasteiger charge is 2.13. The molecule has 4 rings (SSSR count). The van der Waals surface area contributed by atoms with Crippen LogP contribution in [0.15, 0.2) is 75.2 Å². The van der Waals surface area contributed by atoms with Crippen LogP contribution < -0.4 is 5.56 Å². The van der Waals surface area contributed by atoms with Crippen LogP contribution >= 0.6 is 11.8 Å². The summed E-state index contributed by atoms with van der Waals surface area (Å²) in [5.41, 5.74) is 1.59. The van der Waals surface area contributed by atoms with E-state index in [4.69, 9.17) is 9.15 Å². The first-order valence-electron chi connectivity index (χ1n) is 8.87. The number of para-hydroxylation sites is 1. The van der Waals surface area contributed by atoms with Crippen molar-refractivity contribution in [2.45, 2.75) is 17.5 Å². The standard InChI is InChI=1S/C21H19N3O3S/c1-26-12-11-24-20(25)16-9-5-6-10-17(16)23-21(24)28-14-19-22-13-18(27-19)15-7-3-2-4-8-15/h2-10,13H,11-12,14H2,1H3. The number of hydrogen-bond acceptors (Lipinski definition) is 6.